The monoisotopic (exact) mass is 345 g/mol. The molecule has 1 heterocycles. The molecule has 0 unspecified atom stereocenters. The fourth-order valence-electron chi connectivity index (χ4n) is 5.80. The molecule has 5 nitrogen and oxygen atoms in total. The van der Waals surface area contributed by atoms with E-state index in [1.54, 1.807) is 21.3 Å². The minimum Gasteiger partial charge on any atom is -0.493 e. The van der Waals surface area contributed by atoms with E-state index in [-0.39, 0.29) is 16.9 Å². The first kappa shape index (κ1) is 17.0. The Hall–Kier alpha value is -1.40. The molecule has 5 rings (SSSR count). The second-order valence-electron chi connectivity index (χ2n) is 8.09. The third kappa shape index (κ3) is 1.77. The number of hydrogen-bond acceptors (Lipinski definition) is 5. The summed E-state index contributed by atoms with van der Waals surface area (Å²) in [6, 6.07) is 4.06. The van der Waals surface area contributed by atoms with Crippen LogP contribution in [0.15, 0.2) is 12.1 Å². The van der Waals surface area contributed by atoms with Crippen molar-refractivity contribution in [3.05, 3.63) is 17.7 Å². The molecule has 2 bridgehead atoms. The Labute approximate surface area is 150 Å². The molecular weight excluding hydrogens is 319 g/mol. The highest BCUT2D eigenvalue weighted by molar-refractivity contribution is 6.19. The van der Waals surface area contributed by atoms with E-state index >= 15 is 0 Å². The Balaban J connectivity index is 1.96. The van der Waals surface area contributed by atoms with Crippen molar-refractivity contribution in [2.45, 2.75) is 50.7 Å². The van der Waals surface area contributed by atoms with Crippen molar-refractivity contribution in [2.75, 3.05) is 21.3 Å². The van der Waals surface area contributed by atoms with Crippen LogP contribution in [0, 0.1) is 11.3 Å². The number of methoxy groups -OCH3 is 3. The van der Waals surface area contributed by atoms with E-state index in [0.29, 0.717) is 17.4 Å². The summed E-state index contributed by atoms with van der Waals surface area (Å²) in [6.07, 6.45) is 2.14. The zero-order chi connectivity index (χ0) is 18.0. The average Bonchev–Trinajstić information content (AvgIpc) is 3.01. The lowest BCUT2D eigenvalue weighted by molar-refractivity contribution is -0.226. The molecule has 1 aromatic carbocycles. The van der Waals surface area contributed by atoms with Crippen molar-refractivity contribution in [3.63, 3.8) is 0 Å². The van der Waals surface area contributed by atoms with Crippen molar-refractivity contribution in [2.24, 2.45) is 11.3 Å². The third-order valence-electron chi connectivity index (χ3n) is 7.31. The predicted octanol–water partition coefficient (Wildman–Crippen LogP) is 3.11. The molecule has 1 aliphatic heterocycles. The van der Waals surface area contributed by atoms with E-state index < -0.39 is 5.60 Å². The highest BCUT2D eigenvalue weighted by atomic mass is 16.6. The lowest BCUT2D eigenvalue weighted by Gasteiger charge is -2.73. The van der Waals surface area contributed by atoms with Crippen LogP contribution < -0.4 is 14.2 Å². The van der Waals surface area contributed by atoms with Gasteiger partial charge in [-0.05, 0) is 37.2 Å². The van der Waals surface area contributed by atoms with Gasteiger partial charge in [0.2, 0.25) is 5.75 Å². The Morgan fingerprint density at radius 3 is 2.36 bits per heavy atom. The van der Waals surface area contributed by atoms with E-state index in [0.717, 1.165) is 24.2 Å². The van der Waals surface area contributed by atoms with Gasteiger partial charge in [-0.15, -0.1) is 0 Å². The van der Waals surface area contributed by atoms with Crippen molar-refractivity contribution in [1.82, 2.24) is 0 Å². The molecule has 4 aliphatic rings. The van der Waals surface area contributed by atoms with Gasteiger partial charge in [0.25, 0.3) is 0 Å². The molecule has 0 amide bonds. The van der Waals surface area contributed by atoms with E-state index in [9.17, 15) is 0 Å². The molecule has 3 saturated carbocycles. The van der Waals surface area contributed by atoms with Crippen LogP contribution in [0.5, 0.6) is 17.2 Å². The molecule has 3 aliphatic carbocycles. The SMILES string of the molecule is COc1ccc([C@@]23C[C@@H](C[C@H]4O[B]O[C@]42C)C3(C)C)c(OC)c1OC. The summed E-state index contributed by atoms with van der Waals surface area (Å²) in [4.78, 5) is 0. The van der Waals surface area contributed by atoms with E-state index in [4.69, 9.17) is 23.5 Å². The fourth-order valence-corrected chi connectivity index (χ4v) is 5.80. The molecule has 25 heavy (non-hydrogen) atoms. The maximum absolute atomic E-state index is 6.14. The predicted molar refractivity (Wildman–Crippen MR) is 94.4 cm³/mol. The number of benzene rings is 1. The number of hydrogen-bond donors (Lipinski definition) is 0. The van der Waals surface area contributed by atoms with Crippen LogP contribution in [0.25, 0.3) is 0 Å². The Morgan fingerprint density at radius 2 is 1.76 bits per heavy atom. The summed E-state index contributed by atoms with van der Waals surface area (Å²) in [6.45, 7) is 6.84. The summed E-state index contributed by atoms with van der Waals surface area (Å²) < 4.78 is 28.9. The van der Waals surface area contributed by atoms with Crippen LogP contribution >= 0.6 is 0 Å². The molecule has 0 aromatic heterocycles. The Kier molecular flexibility index (Phi) is 3.61. The van der Waals surface area contributed by atoms with Crippen LogP contribution in [0.2, 0.25) is 0 Å². The molecule has 6 heteroatoms. The van der Waals surface area contributed by atoms with Gasteiger partial charge in [-0.2, -0.15) is 0 Å². The molecule has 4 fully saturated rings. The van der Waals surface area contributed by atoms with E-state index in [1.807, 2.05) is 6.07 Å². The summed E-state index contributed by atoms with van der Waals surface area (Å²) in [5.74, 6) is 2.62. The van der Waals surface area contributed by atoms with Gasteiger partial charge in [0.15, 0.2) is 11.5 Å². The third-order valence-corrected chi connectivity index (χ3v) is 7.31. The van der Waals surface area contributed by atoms with E-state index in [2.05, 4.69) is 26.8 Å². The van der Waals surface area contributed by atoms with Gasteiger partial charge in [0.05, 0.1) is 33.0 Å². The van der Waals surface area contributed by atoms with Crippen LogP contribution in [0.3, 0.4) is 0 Å². The Morgan fingerprint density at radius 1 is 1.04 bits per heavy atom. The standard InChI is InChI=1S/C19H26BO5/c1-17(2)11-9-14-18(3,25-20-24-14)19(17,10-11)12-7-8-13(21-4)16(23-6)15(12)22-5/h7-8,11,14H,9-10H2,1-6H3/t11-,14-,18-,19-/m1/s1. The fraction of sp³-hybridized carbons (Fsp3) is 0.684. The van der Waals surface area contributed by atoms with Gasteiger partial charge < -0.3 is 23.5 Å². The average molecular weight is 345 g/mol. The molecule has 4 atom stereocenters. The zero-order valence-electron chi connectivity index (χ0n) is 15.8. The number of rotatable bonds is 4. The molecule has 0 N–H and O–H groups in total. The molecular formula is C19H26BO5. The molecule has 1 aromatic rings. The van der Waals surface area contributed by atoms with Crippen LogP contribution in [-0.4, -0.2) is 40.7 Å². The van der Waals surface area contributed by atoms with Gasteiger partial charge in [0, 0.05) is 11.0 Å². The lowest BCUT2D eigenvalue weighted by Crippen LogP contribution is -2.76. The summed E-state index contributed by atoms with van der Waals surface area (Å²) in [5, 5.41) is 0. The highest BCUT2D eigenvalue weighted by Gasteiger charge is 2.76. The van der Waals surface area contributed by atoms with Gasteiger partial charge in [-0.1, -0.05) is 19.9 Å². The maximum atomic E-state index is 6.14. The highest BCUT2D eigenvalue weighted by Crippen LogP contribution is 2.74. The minimum atomic E-state index is -0.432. The summed E-state index contributed by atoms with van der Waals surface area (Å²) in [7, 11) is 6.49. The second-order valence-corrected chi connectivity index (χ2v) is 8.09. The first-order valence-corrected chi connectivity index (χ1v) is 8.81. The molecule has 0 spiro atoms. The van der Waals surface area contributed by atoms with Crippen LogP contribution in [-0.2, 0) is 14.7 Å². The van der Waals surface area contributed by atoms with Gasteiger partial charge in [-0.3, -0.25) is 0 Å². The van der Waals surface area contributed by atoms with Gasteiger partial charge in [0.1, 0.15) is 0 Å². The van der Waals surface area contributed by atoms with Gasteiger partial charge in [-0.25, -0.2) is 0 Å². The first-order valence-electron chi connectivity index (χ1n) is 8.81. The zero-order valence-corrected chi connectivity index (χ0v) is 15.8. The topological polar surface area (TPSA) is 46.2 Å². The maximum Gasteiger partial charge on any atom is 0.488 e. The second kappa shape index (κ2) is 5.30. The molecule has 1 saturated heterocycles. The smallest absolute Gasteiger partial charge is 0.488 e. The lowest BCUT2D eigenvalue weighted by atomic mass is 9.33. The van der Waals surface area contributed by atoms with Crippen molar-refractivity contribution in [3.8, 4) is 17.2 Å². The minimum absolute atomic E-state index is 0.0622. The van der Waals surface area contributed by atoms with Crippen LogP contribution in [0.1, 0.15) is 39.2 Å². The van der Waals surface area contributed by atoms with Crippen LogP contribution in [0.4, 0.5) is 0 Å². The van der Waals surface area contributed by atoms with Crippen molar-refractivity contribution < 1.29 is 23.5 Å². The van der Waals surface area contributed by atoms with Gasteiger partial charge >= 0.3 is 7.69 Å². The van der Waals surface area contributed by atoms with Crippen molar-refractivity contribution >= 4 is 7.69 Å². The van der Waals surface area contributed by atoms with E-state index in [1.165, 1.54) is 7.69 Å². The quantitative estimate of drug-likeness (QED) is 0.785. The number of ether oxygens (including phenoxy) is 3. The molecule has 135 valence electrons. The normalized spacial score (nSPS) is 37.5. The first-order chi connectivity index (χ1) is 11.9. The summed E-state index contributed by atoms with van der Waals surface area (Å²) in [5.41, 5.74) is 0.524. The Bertz CT molecular complexity index is 705. The largest absolute Gasteiger partial charge is 0.493 e. The van der Waals surface area contributed by atoms with Crippen molar-refractivity contribution in [1.29, 1.82) is 0 Å². The molecule has 1 radical (unpaired) electrons. The summed E-state index contributed by atoms with van der Waals surface area (Å²) >= 11 is 0.